The van der Waals surface area contributed by atoms with E-state index >= 15 is 0 Å². The van der Waals surface area contributed by atoms with Gasteiger partial charge >= 0.3 is 12.1 Å². The molecule has 0 aliphatic rings. The standard InChI is InChI=1S/C29H47N3O6/c1-11-20(6)24(31-28(36)38-29(8,9)10)27(35)32(18(3)4)25(22-17-19(5)13-14-21(22)7)26(34)30-16-15-23(33)37-12-2/h13-14,17-18,20,24-25H,11-12,15-16H2,1-10H3,(H,30,34)(H,31,36). The van der Waals surface area contributed by atoms with Gasteiger partial charge in [0.1, 0.15) is 17.7 Å². The predicted molar refractivity (Wildman–Crippen MR) is 148 cm³/mol. The van der Waals surface area contributed by atoms with Crippen LogP contribution in [0.4, 0.5) is 4.79 Å². The fraction of sp³-hybridized carbons (Fsp3) is 0.655. The van der Waals surface area contributed by atoms with Crippen molar-refractivity contribution in [3.63, 3.8) is 0 Å². The maximum absolute atomic E-state index is 14.2. The van der Waals surface area contributed by atoms with Crippen molar-refractivity contribution in [3.05, 3.63) is 34.9 Å². The summed E-state index contributed by atoms with van der Waals surface area (Å²) in [6.45, 7) is 18.6. The normalized spacial score (nSPS) is 13.8. The maximum atomic E-state index is 14.2. The number of hydrogen-bond donors (Lipinski definition) is 2. The molecule has 1 rings (SSSR count). The molecule has 38 heavy (non-hydrogen) atoms. The Hall–Kier alpha value is -3.10. The van der Waals surface area contributed by atoms with E-state index in [1.165, 1.54) is 4.90 Å². The lowest BCUT2D eigenvalue weighted by atomic mass is 9.92. The molecule has 3 atom stereocenters. The minimum absolute atomic E-state index is 0.0183. The van der Waals surface area contributed by atoms with Crippen molar-refractivity contribution in [2.24, 2.45) is 5.92 Å². The van der Waals surface area contributed by atoms with Gasteiger partial charge in [-0.1, -0.05) is 44.0 Å². The smallest absolute Gasteiger partial charge is 0.408 e. The molecule has 0 aliphatic heterocycles. The number of benzene rings is 1. The van der Waals surface area contributed by atoms with Crippen LogP contribution in [-0.2, 0) is 23.9 Å². The Morgan fingerprint density at radius 2 is 1.66 bits per heavy atom. The quantitative estimate of drug-likeness (QED) is 0.380. The number of alkyl carbamates (subject to hydrolysis) is 1. The molecule has 9 nitrogen and oxygen atoms in total. The lowest BCUT2D eigenvalue weighted by Gasteiger charge is -2.39. The Balaban J connectivity index is 3.49. The van der Waals surface area contributed by atoms with Gasteiger partial charge in [0.15, 0.2) is 0 Å². The van der Waals surface area contributed by atoms with E-state index in [9.17, 15) is 19.2 Å². The summed E-state index contributed by atoms with van der Waals surface area (Å²) in [5.74, 6) is -1.43. The molecule has 0 radical (unpaired) electrons. The first kappa shape index (κ1) is 32.9. The molecule has 2 N–H and O–H groups in total. The molecule has 0 saturated carbocycles. The summed E-state index contributed by atoms with van der Waals surface area (Å²) in [4.78, 5) is 53.9. The minimum atomic E-state index is -0.975. The van der Waals surface area contributed by atoms with Crippen LogP contribution in [0.3, 0.4) is 0 Å². The molecule has 214 valence electrons. The zero-order valence-corrected chi connectivity index (χ0v) is 24.8. The van der Waals surface area contributed by atoms with E-state index in [1.807, 2.05) is 59.7 Å². The van der Waals surface area contributed by atoms with Crippen molar-refractivity contribution in [2.45, 2.75) is 106 Å². The molecule has 0 saturated heterocycles. The van der Waals surface area contributed by atoms with Crippen molar-refractivity contribution >= 4 is 23.9 Å². The van der Waals surface area contributed by atoms with Crippen LogP contribution < -0.4 is 10.6 Å². The van der Waals surface area contributed by atoms with Crippen molar-refractivity contribution in [1.82, 2.24) is 15.5 Å². The van der Waals surface area contributed by atoms with Gasteiger partial charge in [-0.05, 0) is 72.4 Å². The largest absolute Gasteiger partial charge is 0.466 e. The average molecular weight is 534 g/mol. The second-order valence-electron chi connectivity index (χ2n) is 11.0. The van der Waals surface area contributed by atoms with Gasteiger partial charge in [-0.25, -0.2) is 4.79 Å². The second kappa shape index (κ2) is 14.7. The van der Waals surface area contributed by atoms with E-state index in [4.69, 9.17) is 9.47 Å². The van der Waals surface area contributed by atoms with Crippen LogP contribution in [0.25, 0.3) is 0 Å². The average Bonchev–Trinajstić information content (AvgIpc) is 2.80. The first-order valence-corrected chi connectivity index (χ1v) is 13.4. The van der Waals surface area contributed by atoms with Gasteiger partial charge in [0.25, 0.3) is 0 Å². The minimum Gasteiger partial charge on any atom is -0.466 e. The molecular weight excluding hydrogens is 486 g/mol. The number of esters is 1. The molecule has 3 unspecified atom stereocenters. The van der Waals surface area contributed by atoms with Crippen LogP contribution in [0.15, 0.2) is 18.2 Å². The molecule has 9 heteroatoms. The van der Waals surface area contributed by atoms with Crippen LogP contribution in [0.1, 0.15) is 91.0 Å². The zero-order valence-electron chi connectivity index (χ0n) is 24.8. The number of amides is 3. The van der Waals surface area contributed by atoms with Gasteiger partial charge in [-0.3, -0.25) is 14.4 Å². The lowest BCUT2D eigenvalue weighted by Crippen LogP contribution is -2.57. The van der Waals surface area contributed by atoms with E-state index in [0.29, 0.717) is 12.0 Å². The summed E-state index contributed by atoms with van der Waals surface area (Å²) in [7, 11) is 0. The molecule has 1 aromatic carbocycles. The maximum Gasteiger partial charge on any atom is 0.408 e. The molecular formula is C29H47N3O6. The first-order valence-electron chi connectivity index (χ1n) is 13.4. The predicted octanol–water partition coefficient (Wildman–Crippen LogP) is 4.59. The highest BCUT2D eigenvalue weighted by Crippen LogP contribution is 2.29. The van der Waals surface area contributed by atoms with Gasteiger partial charge < -0.3 is 25.0 Å². The summed E-state index contributed by atoms with van der Waals surface area (Å²) in [5.41, 5.74) is 1.74. The highest BCUT2D eigenvalue weighted by molar-refractivity contribution is 5.93. The van der Waals surface area contributed by atoms with Gasteiger partial charge in [0, 0.05) is 12.6 Å². The van der Waals surface area contributed by atoms with Gasteiger partial charge in [0.2, 0.25) is 11.8 Å². The molecule has 0 bridgehead atoms. The number of carbonyl (C=O) groups is 4. The fourth-order valence-corrected chi connectivity index (χ4v) is 4.05. The number of nitrogens with one attached hydrogen (secondary N) is 2. The highest BCUT2D eigenvalue weighted by atomic mass is 16.6. The summed E-state index contributed by atoms with van der Waals surface area (Å²) >= 11 is 0. The third kappa shape index (κ3) is 9.99. The fourth-order valence-electron chi connectivity index (χ4n) is 4.05. The van der Waals surface area contributed by atoms with Crippen LogP contribution in [0.2, 0.25) is 0 Å². The Kier molecular flexibility index (Phi) is 12.8. The molecule has 0 fully saturated rings. The third-order valence-electron chi connectivity index (χ3n) is 6.15. The molecule has 1 aromatic rings. The topological polar surface area (TPSA) is 114 Å². The summed E-state index contributed by atoms with van der Waals surface area (Å²) < 4.78 is 10.4. The Bertz CT molecular complexity index is 970. The molecule has 0 heterocycles. The summed E-state index contributed by atoms with van der Waals surface area (Å²) in [6.07, 6.45) is -0.0513. The van der Waals surface area contributed by atoms with E-state index < -0.39 is 35.7 Å². The van der Waals surface area contributed by atoms with Crippen LogP contribution >= 0.6 is 0 Å². The summed E-state index contributed by atoms with van der Waals surface area (Å²) in [6, 6.07) is 3.50. The highest BCUT2D eigenvalue weighted by Gasteiger charge is 2.40. The Morgan fingerprint density at radius 1 is 1.03 bits per heavy atom. The van der Waals surface area contributed by atoms with Crippen molar-refractivity contribution in [3.8, 4) is 0 Å². The van der Waals surface area contributed by atoms with Gasteiger partial charge in [-0.15, -0.1) is 0 Å². The lowest BCUT2D eigenvalue weighted by molar-refractivity contribution is -0.146. The zero-order chi connectivity index (χ0) is 29.2. The summed E-state index contributed by atoms with van der Waals surface area (Å²) in [5, 5.41) is 5.57. The first-order chi connectivity index (χ1) is 17.6. The van der Waals surface area contributed by atoms with E-state index in [2.05, 4.69) is 10.6 Å². The number of ether oxygens (including phenoxy) is 2. The van der Waals surface area contributed by atoms with E-state index in [0.717, 1.165) is 11.1 Å². The van der Waals surface area contributed by atoms with Gasteiger partial charge in [-0.2, -0.15) is 0 Å². The number of aryl methyl sites for hydroxylation is 2. The second-order valence-corrected chi connectivity index (χ2v) is 11.0. The number of nitrogens with zero attached hydrogens (tertiary/aromatic N) is 1. The monoisotopic (exact) mass is 533 g/mol. The van der Waals surface area contributed by atoms with E-state index in [-0.39, 0.29) is 37.4 Å². The van der Waals surface area contributed by atoms with Gasteiger partial charge in [0.05, 0.1) is 13.0 Å². The molecule has 0 aromatic heterocycles. The molecule has 0 aliphatic carbocycles. The van der Waals surface area contributed by atoms with Crippen LogP contribution in [0.5, 0.6) is 0 Å². The number of hydrogen-bond acceptors (Lipinski definition) is 6. The van der Waals surface area contributed by atoms with Crippen molar-refractivity contribution in [2.75, 3.05) is 13.2 Å². The molecule has 3 amide bonds. The SMILES string of the molecule is CCOC(=O)CCNC(=O)C(c1cc(C)ccc1C)N(C(=O)C(NC(=O)OC(C)(C)C)C(C)CC)C(C)C. The van der Waals surface area contributed by atoms with Crippen LogP contribution in [0, 0.1) is 19.8 Å². The van der Waals surface area contributed by atoms with Crippen LogP contribution in [-0.4, -0.2) is 59.6 Å². The Labute approximate surface area is 228 Å². The third-order valence-corrected chi connectivity index (χ3v) is 6.15. The Morgan fingerprint density at radius 3 is 2.18 bits per heavy atom. The van der Waals surface area contributed by atoms with E-state index in [1.54, 1.807) is 27.7 Å². The van der Waals surface area contributed by atoms with Crippen molar-refractivity contribution in [1.29, 1.82) is 0 Å². The molecule has 0 spiro atoms. The van der Waals surface area contributed by atoms with Crippen molar-refractivity contribution < 1.29 is 28.7 Å². The number of rotatable bonds is 12. The number of carbonyl (C=O) groups excluding carboxylic acids is 4.